The van der Waals surface area contributed by atoms with Crippen molar-refractivity contribution in [2.45, 2.75) is 130 Å². The van der Waals surface area contributed by atoms with Gasteiger partial charge in [0.15, 0.2) is 18.9 Å². The molecule has 230 valence electrons. The van der Waals surface area contributed by atoms with Gasteiger partial charge < -0.3 is 72.0 Å². The number of rotatable bonds is 9. The van der Waals surface area contributed by atoms with E-state index in [9.17, 15) is 20.1 Å². The highest BCUT2D eigenvalue weighted by Gasteiger charge is 2.71. The van der Waals surface area contributed by atoms with Gasteiger partial charge in [-0.25, -0.2) is 0 Å². The van der Waals surface area contributed by atoms with E-state index in [2.05, 4.69) is 5.32 Å². The lowest BCUT2D eigenvalue weighted by atomic mass is 9.83. The number of aliphatic hydroxyl groups is 3. The van der Waals surface area contributed by atoms with Crippen LogP contribution in [0.4, 0.5) is 0 Å². The maximum absolute atomic E-state index is 12.1. The molecule has 3 heterocycles. The van der Waals surface area contributed by atoms with E-state index in [1.807, 2.05) is 0 Å². The van der Waals surface area contributed by atoms with Crippen molar-refractivity contribution in [1.29, 1.82) is 0 Å². The zero-order valence-corrected chi connectivity index (χ0v) is 22.6. The molecule has 2 saturated carbocycles. The van der Waals surface area contributed by atoms with E-state index in [1.165, 1.54) is 0 Å². The van der Waals surface area contributed by atoms with Crippen molar-refractivity contribution in [1.82, 2.24) is 5.32 Å². The van der Waals surface area contributed by atoms with Gasteiger partial charge in [0.25, 0.3) is 0 Å². The molecule has 12 N–H and O–H groups in total. The van der Waals surface area contributed by atoms with Crippen LogP contribution in [0.2, 0.25) is 0 Å². The number of aliphatic hydroxyl groups excluding tert-OH is 3. The molecule has 15 heteroatoms. The SMILES string of the molecule is NCC(=O)N[C@@H]1C[C@H](N)[C@@H](O[C@H]2O[C@H](CN)CC[C@H]2N)[C@H](O[C@@H]2OC3(CC3O)[C@@H](O[C@@H]3CCCCO3)[C@H]2O)[C@H]1O. The Hall–Kier alpha value is -1.05. The predicted molar refractivity (Wildman–Crippen MR) is 137 cm³/mol. The summed E-state index contributed by atoms with van der Waals surface area (Å²) in [4.78, 5) is 12.1. The molecule has 1 spiro atoms. The Kier molecular flexibility index (Phi) is 9.63. The third-order valence-corrected chi connectivity index (χ3v) is 8.65. The maximum Gasteiger partial charge on any atom is 0.234 e. The van der Waals surface area contributed by atoms with Gasteiger partial charge in [0, 0.05) is 25.6 Å². The first-order valence-corrected chi connectivity index (χ1v) is 14.3. The molecule has 14 atom stereocenters. The van der Waals surface area contributed by atoms with Crippen molar-refractivity contribution in [3.63, 3.8) is 0 Å². The van der Waals surface area contributed by atoms with E-state index < -0.39 is 85.1 Å². The lowest BCUT2D eigenvalue weighted by Gasteiger charge is -2.46. The van der Waals surface area contributed by atoms with Crippen LogP contribution >= 0.6 is 0 Å². The van der Waals surface area contributed by atoms with E-state index in [-0.39, 0.29) is 32.0 Å². The second-order valence-corrected chi connectivity index (χ2v) is 11.6. The quantitative estimate of drug-likeness (QED) is 0.131. The van der Waals surface area contributed by atoms with Crippen LogP contribution in [-0.2, 0) is 33.2 Å². The first-order valence-electron chi connectivity index (χ1n) is 14.3. The normalized spacial score (nSPS) is 49.2. The number of nitrogens with one attached hydrogen (secondary N) is 1. The summed E-state index contributed by atoms with van der Waals surface area (Å²) in [6.45, 7) is 0.557. The van der Waals surface area contributed by atoms with Gasteiger partial charge in [0.05, 0.1) is 30.8 Å². The molecule has 0 aromatic carbocycles. The molecular weight excluding hydrogens is 530 g/mol. The van der Waals surface area contributed by atoms with Gasteiger partial charge >= 0.3 is 0 Å². The van der Waals surface area contributed by atoms with Crippen LogP contribution < -0.4 is 28.3 Å². The van der Waals surface area contributed by atoms with Crippen LogP contribution in [0.3, 0.4) is 0 Å². The minimum Gasteiger partial charge on any atom is -0.390 e. The van der Waals surface area contributed by atoms with Gasteiger partial charge in [0.2, 0.25) is 5.91 Å². The summed E-state index contributed by atoms with van der Waals surface area (Å²) in [7, 11) is 0. The number of amides is 1. The fourth-order valence-electron chi connectivity index (χ4n) is 6.22. The Balaban J connectivity index is 1.35. The lowest BCUT2D eigenvalue weighted by Crippen LogP contribution is -2.67. The van der Waals surface area contributed by atoms with Crippen LogP contribution in [0.25, 0.3) is 0 Å². The van der Waals surface area contributed by atoms with Gasteiger partial charge in [-0.05, 0) is 38.5 Å². The fourth-order valence-corrected chi connectivity index (χ4v) is 6.22. The van der Waals surface area contributed by atoms with E-state index in [0.717, 1.165) is 12.8 Å². The van der Waals surface area contributed by atoms with E-state index in [4.69, 9.17) is 51.4 Å². The zero-order valence-electron chi connectivity index (χ0n) is 22.6. The molecule has 0 bridgehead atoms. The highest BCUT2D eigenvalue weighted by molar-refractivity contribution is 5.78. The van der Waals surface area contributed by atoms with E-state index >= 15 is 0 Å². The van der Waals surface area contributed by atoms with Crippen LogP contribution in [0, 0.1) is 0 Å². The standard InChI is InChI=1S/C25H45N5O10/c26-9-11-4-5-12(28)23(36-11)38-20-13(29)7-14(30-16(32)10-27)18(33)21(20)39-24-19(34)22(25(40-24)8-15(25)31)37-17-3-1-2-6-35-17/h11-15,17-24,31,33-34H,1-10,26-29H2,(H,30,32)/t11-,12+,13-,14+,15?,17+,18-,19+,20+,21+,22-,23+,24+,25?/m0/s1. The predicted octanol–water partition coefficient (Wildman–Crippen LogP) is -3.78. The number of carbonyl (C=O) groups is 1. The summed E-state index contributed by atoms with van der Waals surface area (Å²) in [5, 5.41) is 35.8. The highest BCUT2D eigenvalue weighted by Crippen LogP contribution is 2.52. The summed E-state index contributed by atoms with van der Waals surface area (Å²) in [6.07, 6.45) is -5.32. The molecule has 0 aromatic rings. The summed E-state index contributed by atoms with van der Waals surface area (Å²) >= 11 is 0. The molecule has 2 aliphatic carbocycles. The summed E-state index contributed by atoms with van der Waals surface area (Å²) in [6, 6.07) is -2.00. The Morgan fingerprint density at radius 3 is 2.35 bits per heavy atom. The van der Waals surface area contributed by atoms with Gasteiger partial charge in [0.1, 0.15) is 36.1 Å². The van der Waals surface area contributed by atoms with Crippen molar-refractivity contribution in [3.8, 4) is 0 Å². The highest BCUT2D eigenvalue weighted by atomic mass is 16.8. The minimum atomic E-state index is -1.32. The Morgan fingerprint density at radius 2 is 1.70 bits per heavy atom. The van der Waals surface area contributed by atoms with Crippen LogP contribution in [0.5, 0.6) is 0 Å². The topological polar surface area (TPSA) is 249 Å². The molecule has 3 aliphatic heterocycles. The summed E-state index contributed by atoms with van der Waals surface area (Å²) < 4.78 is 36.2. The van der Waals surface area contributed by atoms with Gasteiger partial charge in [-0.1, -0.05) is 0 Å². The third kappa shape index (κ3) is 6.17. The van der Waals surface area contributed by atoms with Gasteiger partial charge in [-0.15, -0.1) is 0 Å². The molecular formula is C25H45N5O10. The summed E-state index contributed by atoms with van der Waals surface area (Å²) in [5.41, 5.74) is 22.9. The van der Waals surface area contributed by atoms with Gasteiger partial charge in [-0.2, -0.15) is 0 Å². The molecule has 2 unspecified atom stereocenters. The number of ether oxygens (including phenoxy) is 6. The minimum absolute atomic E-state index is 0.154. The van der Waals surface area contributed by atoms with Crippen molar-refractivity contribution in [2.75, 3.05) is 19.7 Å². The molecule has 15 nitrogen and oxygen atoms in total. The first-order chi connectivity index (χ1) is 19.2. The first kappa shape index (κ1) is 30.4. The largest absolute Gasteiger partial charge is 0.390 e. The smallest absolute Gasteiger partial charge is 0.234 e. The van der Waals surface area contributed by atoms with Crippen molar-refractivity contribution in [3.05, 3.63) is 0 Å². The average Bonchev–Trinajstić information content (AvgIpc) is 3.53. The Morgan fingerprint density at radius 1 is 0.950 bits per heavy atom. The van der Waals surface area contributed by atoms with Crippen LogP contribution in [-0.4, -0.2) is 126 Å². The van der Waals surface area contributed by atoms with Gasteiger partial charge in [-0.3, -0.25) is 4.79 Å². The zero-order chi connectivity index (χ0) is 28.6. The maximum atomic E-state index is 12.1. The monoisotopic (exact) mass is 575 g/mol. The number of hydrogen-bond acceptors (Lipinski definition) is 14. The van der Waals surface area contributed by atoms with E-state index in [1.54, 1.807) is 0 Å². The summed E-state index contributed by atoms with van der Waals surface area (Å²) in [5.74, 6) is -0.476. The van der Waals surface area contributed by atoms with Crippen molar-refractivity contribution in [2.24, 2.45) is 22.9 Å². The Labute approximate surface area is 233 Å². The fraction of sp³-hybridized carbons (Fsp3) is 0.960. The van der Waals surface area contributed by atoms with E-state index in [0.29, 0.717) is 25.9 Å². The molecule has 5 fully saturated rings. The number of hydrogen-bond donors (Lipinski definition) is 8. The molecule has 1 amide bonds. The number of carbonyl (C=O) groups excluding carboxylic acids is 1. The molecule has 0 radical (unpaired) electrons. The third-order valence-electron chi connectivity index (χ3n) is 8.65. The average molecular weight is 576 g/mol. The van der Waals surface area contributed by atoms with Crippen molar-refractivity contribution >= 4 is 5.91 Å². The van der Waals surface area contributed by atoms with Crippen LogP contribution in [0.15, 0.2) is 0 Å². The molecule has 3 saturated heterocycles. The molecule has 5 aliphatic rings. The lowest BCUT2D eigenvalue weighted by molar-refractivity contribution is -0.289. The Bertz CT molecular complexity index is 870. The molecule has 40 heavy (non-hydrogen) atoms. The second-order valence-electron chi connectivity index (χ2n) is 11.6. The molecule has 5 rings (SSSR count). The second kappa shape index (κ2) is 12.7. The number of nitrogens with two attached hydrogens (primary N) is 4. The van der Waals surface area contributed by atoms with Crippen LogP contribution in [0.1, 0.15) is 44.9 Å². The van der Waals surface area contributed by atoms with Crippen molar-refractivity contribution < 1.29 is 48.5 Å². The molecule has 0 aromatic heterocycles.